The molecular formula is C23H27FN2O2. The third-order valence-corrected chi connectivity index (χ3v) is 4.80. The molecule has 0 fully saturated rings. The molecule has 3 rings (SSSR count). The number of hydrogen-bond acceptors (Lipinski definition) is 3. The molecule has 2 aromatic rings. The summed E-state index contributed by atoms with van der Waals surface area (Å²) in [6.07, 6.45) is 0.831. The van der Waals surface area contributed by atoms with Crippen LogP contribution in [0.15, 0.2) is 53.7 Å². The molecule has 1 amide bonds. The molecule has 1 heterocycles. The molecule has 1 aliphatic heterocycles. The van der Waals surface area contributed by atoms with Crippen LogP contribution in [0.2, 0.25) is 0 Å². The molecule has 1 aliphatic rings. The van der Waals surface area contributed by atoms with Gasteiger partial charge in [-0.2, -0.15) is 0 Å². The van der Waals surface area contributed by atoms with Crippen LogP contribution >= 0.6 is 0 Å². The Morgan fingerprint density at radius 1 is 1.21 bits per heavy atom. The topological polar surface area (TPSA) is 41.9 Å². The third-order valence-electron chi connectivity index (χ3n) is 4.80. The van der Waals surface area contributed by atoms with Gasteiger partial charge in [0.2, 0.25) is 5.91 Å². The monoisotopic (exact) mass is 382 g/mol. The van der Waals surface area contributed by atoms with Gasteiger partial charge in [0.25, 0.3) is 0 Å². The molecule has 0 aliphatic carbocycles. The standard InChI is InChI=1S/C23H27FN2O2/c1-16(2)12-23(27)26(14-19-6-4-5-7-21(19)24)15-20-13-22(25-28-20)18-10-8-17(3)9-11-18/h4-11,16,20H,12-15H2,1-3H3. The van der Waals surface area contributed by atoms with E-state index in [1.807, 2.05) is 45.0 Å². The summed E-state index contributed by atoms with van der Waals surface area (Å²) in [5.74, 6) is -0.0566. The number of carbonyl (C=O) groups is 1. The number of benzene rings is 2. The molecule has 148 valence electrons. The molecule has 2 aromatic carbocycles. The van der Waals surface area contributed by atoms with Gasteiger partial charge in [0.15, 0.2) is 6.10 Å². The fourth-order valence-corrected chi connectivity index (χ4v) is 3.25. The van der Waals surface area contributed by atoms with Crippen molar-refractivity contribution < 1.29 is 14.0 Å². The fraction of sp³-hybridized carbons (Fsp3) is 0.391. The normalized spacial score (nSPS) is 16.0. The number of rotatable bonds is 7. The zero-order chi connectivity index (χ0) is 20.1. The summed E-state index contributed by atoms with van der Waals surface area (Å²) in [7, 11) is 0. The average molecular weight is 382 g/mol. The maximum absolute atomic E-state index is 14.1. The first kappa shape index (κ1) is 20.1. The van der Waals surface area contributed by atoms with Crippen molar-refractivity contribution in [3.63, 3.8) is 0 Å². The Bertz CT molecular complexity index is 846. The number of nitrogens with zero attached hydrogens (tertiary/aromatic N) is 2. The van der Waals surface area contributed by atoms with Gasteiger partial charge in [-0.05, 0) is 24.5 Å². The van der Waals surface area contributed by atoms with E-state index in [-0.39, 0.29) is 30.3 Å². The summed E-state index contributed by atoms with van der Waals surface area (Å²) < 4.78 is 14.1. The van der Waals surface area contributed by atoms with Gasteiger partial charge in [-0.1, -0.05) is 67.0 Å². The van der Waals surface area contributed by atoms with Crippen LogP contribution in [0.4, 0.5) is 4.39 Å². The molecule has 1 atom stereocenters. The van der Waals surface area contributed by atoms with Crippen LogP contribution in [0.25, 0.3) is 0 Å². The summed E-state index contributed by atoms with van der Waals surface area (Å²) in [4.78, 5) is 20.1. The highest BCUT2D eigenvalue weighted by Gasteiger charge is 2.27. The Morgan fingerprint density at radius 2 is 1.93 bits per heavy atom. The molecule has 0 saturated heterocycles. The lowest BCUT2D eigenvalue weighted by atomic mass is 10.0. The largest absolute Gasteiger partial charge is 0.390 e. The first-order chi connectivity index (χ1) is 13.4. The van der Waals surface area contributed by atoms with Crippen molar-refractivity contribution in [2.45, 2.75) is 46.3 Å². The number of aryl methyl sites for hydroxylation is 1. The third kappa shape index (κ3) is 5.18. The van der Waals surface area contributed by atoms with Gasteiger partial charge in [-0.25, -0.2) is 4.39 Å². The summed E-state index contributed by atoms with van der Waals surface area (Å²) >= 11 is 0. The lowest BCUT2D eigenvalue weighted by Gasteiger charge is -2.26. The van der Waals surface area contributed by atoms with E-state index >= 15 is 0 Å². The van der Waals surface area contributed by atoms with Crippen molar-refractivity contribution in [2.24, 2.45) is 11.1 Å². The number of amides is 1. The minimum atomic E-state index is -0.297. The Balaban J connectivity index is 1.68. The number of oxime groups is 1. The minimum Gasteiger partial charge on any atom is -0.390 e. The minimum absolute atomic E-state index is 0.00522. The van der Waals surface area contributed by atoms with Gasteiger partial charge >= 0.3 is 0 Å². The first-order valence-corrected chi connectivity index (χ1v) is 9.73. The van der Waals surface area contributed by atoms with E-state index in [1.54, 1.807) is 23.1 Å². The molecule has 5 heteroatoms. The van der Waals surface area contributed by atoms with Crippen LogP contribution in [-0.2, 0) is 16.2 Å². The van der Waals surface area contributed by atoms with Gasteiger partial charge in [-0.15, -0.1) is 0 Å². The van der Waals surface area contributed by atoms with Crippen LogP contribution in [0.5, 0.6) is 0 Å². The Morgan fingerprint density at radius 3 is 2.61 bits per heavy atom. The molecule has 0 N–H and O–H groups in total. The number of carbonyl (C=O) groups excluding carboxylic acids is 1. The van der Waals surface area contributed by atoms with Crippen LogP contribution in [0.3, 0.4) is 0 Å². The highest BCUT2D eigenvalue weighted by Crippen LogP contribution is 2.20. The summed E-state index contributed by atoms with van der Waals surface area (Å²) in [6.45, 7) is 6.67. The zero-order valence-electron chi connectivity index (χ0n) is 16.7. The van der Waals surface area contributed by atoms with Crippen molar-refractivity contribution in [1.29, 1.82) is 0 Å². The second-order valence-corrected chi connectivity index (χ2v) is 7.80. The van der Waals surface area contributed by atoms with Crippen LogP contribution < -0.4 is 0 Å². The second kappa shape index (κ2) is 9.00. The van der Waals surface area contributed by atoms with Crippen molar-refractivity contribution in [3.05, 3.63) is 71.0 Å². The number of halogens is 1. The van der Waals surface area contributed by atoms with E-state index in [9.17, 15) is 9.18 Å². The molecule has 0 aromatic heterocycles. The molecule has 1 unspecified atom stereocenters. The molecule has 0 saturated carbocycles. The van der Waals surface area contributed by atoms with Crippen molar-refractivity contribution >= 4 is 11.6 Å². The Hall–Kier alpha value is -2.69. The smallest absolute Gasteiger partial charge is 0.223 e. The van der Waals surface area contributed by atoms with Gasteiger partial charge in [0.05, 0.1) is 12.3 Å². The van der Waals surface area contributed by atoms with Crippen LogP contribution in [0.1, 0.15) is 43.4 Å². The van der Waals surface area contributed by atoms with E-state index < -0.39 is 0 Å². The maximum atomic E-state index is 14.1. The summed E-state index contributed by atoms with van der Waals surface area (Å²) in [5.41, 5.74) is 3.61. The van der Waals surface area contributed by atoms with Crippen molar-refractivity contribution in [3.8, 4) is 0 Å². The summed E-state index contributed by atoms with van der Waals surface area (Å²) in [5, 5.41) is 4.22. The Kier molecular flexibility index (Phi) is 6.45. The SMILES string of the molecule is Cc1ccc(C2=NOC(CN(Cc3ccccc3F)C(=O)CC(C)C)C2)cc1. The lowest BCUT2D eigenvalue weighted by molar-refractivity contribution is -0.134. The lowest BCUT2D eigenvalue weighted by Crippen LogP contribution is -2.38. The fourth-order valence-electron chi connectivity index (χ4n) is 3.25. The number of hydrogen-bond donors (Lipinski definition) is 0. The maximum Gasteiger partial charge on any atom is 0.223 e. The van der Waals surface area contributed by atoms with E-state index in [0.717, 1.165) is 11.3 Å². The van der Waals surface area contributed by atoms with Crippen molar-refractivity contribution in [1.82, 2.24) is 4.90 Å². The van der Waals surface area contributed by atoms with E-state index in [1.165, 1.54) is 11.6 Å². The zero-order valence-corrected chi connectivity index (χ0v) is 16.7. The predicted octanol–water partition coefficient (Wildman–Crippen LogP) is 4.70. The van der Waals surface area contributed by atoms with Gasteiger partial charge in [0, 0.05) is 24.9 Å². The molecule has 0 bridgehead atoms. The van der Waals surface area contributed by atoms with E-state index in [4.69, 9.17) is 4.84 Å². The van der Waals surface area contributed by atoms with Gasteiger partial charge in [-0.3, -0.25) is 4.79 Å². The first-order valence-electron chi connectivity index (χ1n) is 9.73. The highest BCUT2D eigenvalue weighted by molar-refractivity contribution is 6.01. The molecule has 28 heavy (non-hydrogen) atoms. The van der Waals surface area contributed by atoms with Gasteiger partial charge < -0.3 is 9.74 Å². The Labute approximate surface area is 166 Å². The highest BCUT2D eigenvalue weighted by atomic mass is 19.1. The van der Waals surface area contributed by atoms with E-state index in [2.05, 4.69) is 5.16 Å². The van der Waals surface area contributed by atoms with Crippen LogP contribution in [-0.4, -0.2) is 29.2 Å². The molecule has 4 nitrogen and oxygen atoms in total. The second-order valence-electron chi connectivity index (χ2n) is 7.80. The molecular weight excluding hydrogens is 355 g/mol. The predicted molar refractivity (Wildman–Crippen MR) is 108 cm³/mol. The summed E-state index contributed by atoms with van der Waals surface area (Å²) in [6, 6.07) is 14.7. The average Bonchev–Trinajstić information content (AvgIpc) is 3.11. The van der Waals surface area contributed by atoms with Gasteiger partial charge in [0.1, 0.15) is 5.82 Å². The van der Waals surface area contributed by atoms with Crippen molar-refractivity contribution in [2.75, 3.05) is 6.54 Å². The molecule has 0 radical (unpaired) electrons. The van der Waals surface area contributed by atoms with E-state index in [0.29, 0.717) is 24.9 Å². The molecule has 0 spiro atoms. The quantitative estimate of drug-likeness (QED) is 0.696. The van der Waals surface area contributed by atoms with Crippen LogP contribution in [0, 0.1) is 18.7 Å².